The molecule has 0 aliphatic carbocycles. The minimum atomic E-state index is -1.08. The molecule has 5 heteroatoms. The summed E-state index contributed by atoms with van der Waals surface area (Å²) < 4.78 is 31.8. The van der Waals surface area contributed by atoms with E-state index >= 15 is 0 Å². The van der Waals surface area contributed by atoms with Crippen LogP contribution in [0, 0.1) is 11.6 Å². The number of hydrogen-bond acceptors (Lipinski definition) is 3. The molecule has 1 aromatic rings. The van der Waals surface area contributed by atoms with E-state index in [9.17, 15) is 13.6 Å². The number of carbonyl (C=O) groups is 1. The van der Waals surface area contributed by atoms with Gasteiger partial charge in [0.25, 0.3) is 0 Å². The first kappa shape index (κ1) is 13.1. The molecule has 0 bridgehead atoms. The summed E-state index contributed by atoms with van der Waals surface area (Å²) in [5.74, 6) is -2.49. The SMILES string of the molecule is CC1COCC(CC(=O)c2cccc(F)c2F)N1. The molecule has 0 aromatic heterocycles. The third kappa shape index (κ3) is 2.91. The van der Waals surface area contributed by atoms with E-state index in [1.165, 1.54) is 12.1 Å². The van der Waals surface area contributed by atoms with Crippen LogP contribution >= 0.6 is 0 Å². The highest BCUT2D eigenvalue weighted by Crippen LogP contribution is 2.15. The van der Waals surface area contributed by atoms with Crippen LogP contribution in [-0.4, -0.2) is 31.1 Å². The molecule has 3 nitrogen and oxygen atoms in total. The van der Waals surface area contributed by atoms with E-state index in [0.717, 1.165) is 6.07 Å². The lowest BCUT2D eigenvalue weighted by atomic mass is 10.0. The fraction of sp³-hybridized carbons (Fsp3) is 0.462. The Morgan fingerprint density at radius 2 is 2.22 bits per heavy atom. The van der Waals surface area contributed by atoms with Crippen LogP contribution in [0.15, 0.2) is 18.2 Å². The van der Waals surface area contributed by atoms with Crippen molar-refractivity contribution < 1.29 is 18.3 Å². The molecule has 1 N–H and O–H groups in total. The summed E-state index contributed by atoms with van der Waals surface area (Å²) in [5.41, 5.74) is -0.199. The van der Waals surface area contributed by atoms with E-state index in [4.69, 9.17) is 4.74 Å². The lowest BCUT2D eigenvalue weighted by molar-refractivity contribution is 0.0462. The highest BCUT2D eigenvalue weighted by Gasteiger charge is 2.23. The largest absolute Gasteiger partial charge is 0.378 e. The van der Waals surface area contributed by atoms with Crippen molar-refractivity contribution in [2.75, 3.05) is 13.2 Å². The van der Waals surface area contributed by atoms with Crippen molar-refractivity contribution in [3.05, 3.63) is 35.4 Å². The Morgan fingerprint density at radius 1 is 1.44 bits per heavy atom. The maximum absolute atomic E-state index is 13.4. The second-order valence-corrected chi connectivity index (χ2v) is 4.53. The van der Waals surface area contributed by atoms with E-state index in [1.54, 1.807) is 0 Å². The first-order valence-electron chi connectivity index (χ1n) is 5.89. The normalized spacial score (nSPS) is 23.9. The smallest absolute Gasteiger partial charge is 0.169 e. The number of nitrogens with one attached hydrogen (secondary N) is 1. The monoisotopic (exact) mass is 255 g/mol. The van der Waals surface area contributed by atoms with Crippen LogP contribution in [0.4, 0.5) is 8.78 Å². The molecule has 98 valence electrons. The average Bonchev–Trinajstić information content (AvgIpc) is 2.32. The highest BCUT2D eigenvalue weighted by atomic mass is 19.2. The Hall–Kier alpha value is -1.33. The van der Waals surface area contributed by atoms with Crippen LogP contribution < -0.4 is 5.32 Å². The third-order valence-electron chi connectivity index (χ3n) is 2.89. The number of morpholine rings is 1. The molecule has 1 saturated heterocycles. The van der Waals surface area contributed by atoms with E-state index in [-0.39, 0.29) is 24.1 Å². The molecule has 0 spiro atoms. The quantitative estimate of drug-likeness (QED) is 0.838. The number of ether oxygens (including phenoxy) is 1. The number of Topliss-reactive ketones (excluding diaryl/α,β-unsaturated/α-hetero) is 1. The molecule has 2 rings (SSSR count). The number of benzene rings is 1. The van der Waals surface area contributed by atoms with Crippen LogP contribution in [0.5, 0.6) is 0 Å². The number of hydrogen-bond donors (Lipinski definition) is 1. The zero-order valence-corrected chi connectivity index (χ0v) is 10.1. The van der Waals surface area contributed by atoms with Gasteiger partial charge in [0.1, 0.15) is 0 Å². The van der Waals surface area contributed by atoms with Gasteiger partial charge < -0.3 is 10.1 Å². The third-order valence-corrected chi connectivity index (χ3v) is 2.89. The van der Waals surface area contributed by atoms with Crippen molar-refractivity contribution in [1.82, 2.24) is 5.32 Å². The summed E-state index contributed by atoms with van der Waals surface area (Å²) in [7, 11) is 0. The molecule has 1 heterocycles. The van der Waals surface area contributed by atoms with Crippen molar-refractivity contribution in [1.29, 1.82) is 0 Å². The van der Waals surface area contributed by atoms with Gasteiger partial charge in [0.15, 0.2) is 17.4 Å². The van der Waals surface area contributed by atoms with Crippen LogP contribution in [0.25, 0.3) is 0 Å². The second-order valence-electron chi connectivity index (χ2n) is 4.53. The summed E-state index contributed by atoms with van der Waals surface area (Å²) in [6.07, 6.45) is 0.102. The predicted octanol–water partition coefficient (Wildman–Crippen LogP) is 1.91. The molecule has 0 radical (unpaired) electrons. The minimum Gasteiger partial charge on any atom is -0.378 e. The summed E-state index contributed by atoms with van der Waals surface area (Å²) in [5, 5.41) is 3.19. The van der Waals surface area contributed by atoms with E-state index in [1.807, 2.05) is 6.92 Å². The maximum Gasteiger partial charge on any atom is 0.169 e. The van der Waals surface area contributed by atoms with Gasteiger partial charge in [0.05, 0.1) is 18.8 Å². The first-order valence-corrected chi connectivity index (χ1v) is 5.89. The van der Waals surface area contributed by atoms with Gasteiger partial charge in [-0.3, -0.25) is 4.79 Å². The van der Waals surface area contributed by atoms with Gasteiger partial charge >= 0.3 is 0 Å². The standard InChI is InChI=1S/C13H15F2NO2/c1-8-6-18-7-9(16-8)5-12(17)10-3-2-4-11(14)13(10)15/h2-4,8-9,16H,5-7H2,1H3. The molecular weight excluding hydrogens is 240 g/mol. The van der Waals surface area contributed by atoms with Gasteiger partial charge in [-0.2, -0.15) is 0 Å². The Kier molecular flexibility index (Phi) is 4.04. The van der Waals surface area contributed by atoms with Gasteiger partial charge in [-0.25, -0.2) is 8.78 Å². The Labute approximate surface area is 104 Å². The number of carbonyl (C=O) groups excluding carboxylic acids is 1. The maximum atomic E-state index is 13.4. The molecule has 0 amide bonds. The van der Waals surface area contributed by atoms with Gasteiger partial charge in [-0.05, 0) is 19.1 Å². The minimum absolute atomic E-state index is 0.102. The average molecular weight is 255 g/mol. The number of rotatable bonds is 3. The molecule has 0 saturated carbocycles. The van der Waals surface area contributed by atoms with Crippen LogP contribution in [0.1, 0.15) is 23.7 Å². The topological polar surface area (TPSA) is 38.3 Å². The number of halogens is 2. The van der Waals surface area contributed by atoms with E-state index in [2.05, 4.69) is 5.32 Å². The Bertz CT molecular complexity index is 451. The van der Waals surface area contributed by atoms with Crippen molar-refractivity contribution in [2.24, 2.45) is 0 Å². The van der Waals surface area contributed by atoms with Gasteiger partial charge in [-0.1, -0.05) is 6.07 Å². The van der Waals surface area contributed by atoms with Crippen molar-refractivity contribution in [2.45, 2.75) is 25.4 Å². The lowest BCUT2D eigenvalue weighted by Crippen LogP contribution is -2.48. The summed E-state index contributed by atoms with van der Waals surface area (Å²) in [6, 6.07) is 3.64. The molecular formula is C13H15F2NO2. The second kappa shape index (κ2) is 5.54. The summed E-state index contributed by atoms with van der Waals surface area (Å²) >= 11 is 0. The molecule has 18 heavy (non-hydrogen) atoms. The molecule has 1 fully saturated rings. The number of ketones is 1. The van der Waals surface area contributed by atoms with Gasteiger partial charge in [0.2, 0.25) is 0 Å². The summed E-state index contributed by atoms with van der Waals surface area (Å²) in [4.78, 5) is 11.9. The molecule has 1 aliphatic rings. The zero-order valence-electron chi connectivity index (χ0n) is 10.1. The fourth-order valence-corrected chi connectivity index (χ4v) is 2.06. The van der Waals surface area contributed by atoms with Crippen LogP contribution in [0.2, 0.25) is 0 Å². The fourth-order valence-electron chi connectivity index (χ4n) is 2.06. The highest BCUT2D eigenvalue weighted by molar-refractivity contribution is 5.96. The molecule has 2 unspecified atom stereocenters. The predicted molar refractivity (Wildman–Crippen MR) is 62.5 cm³/mol. The van der Waals surface area contributed by atoms with Crippen molar-refractivity contribution >= 4 is 5.78 Å². The zero-order chi connectivity index (χ0) is 13.1. The molecule has 1 aliphatic heterocycles. The Morgan fingerprint density at radius 3 is 2.94 bits per heavy atom. The van der Waals surface area contributed by atoms with Gasteiger partial charge in [0, 0.05) is 18.5 Å². The van der Waals surface area contributed by atoms with Crippen molar-refractivity contribution in [3.63, 3.8) is 0 Å². The van der Waals surface area contributed by atoms with Crippen LogP contribution in [0.3, 0.4) is 0 Å². The van der Waals surface area contributed by atoms with E-state index in [0.29, 0.717) is 13.2 Å². The van der Waals surface area contributed by atoms with Crippen LogP contribution in [-0.2, 0) is 4.74 Å². The van der Waals surface area contributed by atoms with Gasteiger partial charge in [-0.15, -0.1) is 0 Å². The molecule has 2 atom stereocenters. The lowest BCUT2D eigenvalue weighted by Gasteiger charge is -2.28. The van der Waals surface area contributed by atoms with E-state index < -0.39 is 17.4 Å². The first-order chi connectivity index (χ1) is 8.58. The Balaban J connectivity index is 2.05. The summed E-state index contributed by atoms with van der Waals surface area (Å²) in [6.45, 7) is 2.95. The molecule has 1 aromatic carbocycles. The van der Waals surface area contributed by atoms with Crippen molar-refractivity contribution in [3.8, 4) is 0 Å².